The highest BCUT2D eigenvalue weighted by atomic mass is 19.1. The van der Waals surface area contributed by atoms with Gasteiger partial charge in [-0.2, -0.15) is 0 Å². The maximum Gasteiger partial charge on any atom is 0.213 e. The Balaban J connectivity index is 1.39. The minimum atomic E-state index is -0.655. The van der Waals surface area contributed by atoms with E-state index >= 15 is 0 Å². The average molecular weight is 394 g/mol. The molecule has 0 bridgehead atoms. The molecule has 146 valence electrons. The van der Waals surface area contributed by atoms with Gasteiger partial charge in [0, 0.05) is 42.6 Å². The topological polar surface area (TPSA) is 87.1 Å². The first-order valence-electron chi connectivity index (χ1n) is 8.76. The van der Waals surface area contributed by atoms with Crippen molar-refractivity contribution in [3.05, 3.63) is 89.4 Å². The number of anilines is 1. The van der Waals surface area contributed by atoms with E-state index in [4.69, 9.17) is 15.0 Å². The van der Waals surface area contributed by atoms with Gasteiger partial charge in [0.2, 0.25) is 5.88 Å². The number of halogens is 2. The van der Waals surface area contributed by atoms with Crippen LogP contribution < -0.4 is 10.5 Å². The molecule has 8 heteroatoms. The molecule has 0 aliphatic rings. The Bertz CT molecular complexity index is 1130. The number of pyridine rings is 2. The van der Waals surface area contributed by atoms with Crippen LogP contribution in [-0.2, 0) is 13.0 Å². The summed E-state index contributed by atoms with van der Waals surface area (Å²) < 4.78 is 37.4. The molecular weight excluding hydrogens is 378 g/mol. The van der Waals surface area contributed by atoms with Crippen LogP contribution in [0.1, 0.15) is 16.8 Å². The van der Waals surface area contributed by atoms with Crippen molar-refractivity contribution in [3.8, 4) is 17.2 Å². The highest BCUT2D eigenvalue weighted by Gasteiger charge is 2.11. The number of hydrogen-bond donors (Lipinski definition) is 1. The van der Waals surface area contributed by atoms with Gasteiger partial charge in [-0.25, -0.2) is 18.7 Å². The highest BCUT2D eigenvalue weighted by Crippen LogP contribution is 2.25. The summed E-state index contributed by atoms with van der Waals surface area (Å²) in [6, 6.07) is 12.2. The van der Waals surface area contributed by atoms with Gasteiger partial charge in [0.05, 0.1) is 11.3 Å². The third-order valence-corrected chi connectivity index (χ3v) is 4.24. The Morgan fingerprint density at radius 2 is 1.93 bits per heavy atom. The van der Waals surface area contributed by atoms with E-state index < -0.39 is 11.6 Å². The van der Waals surface area contributed by atoms with Gasteiger partial charge in [-0.1, -0.05) is 11.2 Å². The quantitative estimate of drug-likeness (QED) is 0.528. The van der Waals surface area contributed by atoms with Gasteiger partial charge in [0.25, 0.3) is 0 Å². The Hall–Kier alpha value is -3.81. The summed E-state index contributed by atoms with van der Waals surface area (Å²) in [6.07, 6.45) is 3.75. The molecule has 3 heterocycles. The first-order valence-corrected chi connectivity index (χ1v) is 8.76. The number of hydrogen-bond acceptors (Lipinski definition) is 6. The van der Waals surface area contributed by atoms with Crippen LogP contribution in [0.25, 0.3) is 11.3 Å². The Kier molecular flexibility index (Phi) is 5.15. The van der Waals surface area contributed by atoms with Gasteiger partial charge in [0.1, 0.15) is 24.1 Å². The lowest BCUT2D eigenvalue weighted by atomic mass is 10.1. The molecule has 0 saturated carbocycles. The lowest BCUT2D eigenvalue weighted by molar-refractivity contribution is 0.287. The molecule has 29 heavy (non-hydrogen) atoms. The fourth-order valence-electron chi connectivity index (χ4n) is 2.75. The van der Waals surface area contributed by atoms with Crippen LogP contribution in [0.4, 0.5) is 14.6 Å². The number of rotatable bonds is 6. The first-order chi connectivity index (χ1) is 14.1. The summed E-state index contributed by atoms with van der Waals surface area (Å²) in [6.45, 7) is -0.0440. The van der Waals surface area contributed by atoms with E-state index in [-0.39, 0.29) is 12.2 Å². The van der Waals surface area contributed by atoms with Crippen molar-refractivity contribution in [3.63, 3.8) is 0 Å². The van der Waals surface area contributed by atoms with E-state index in [1.54, 1.807) is 30.6 Å². The van der Waals surface area contributed by atoms with E-state index in [1.807, 2.05) is 12.1 Å². The van der Waals surface area contributed by atoms with Crippen molar-refractivity contribution in [1.29, 1.82) is 0 Å². The zero-order valence-corrected chi connectivity index (χ0v) is 15.2. The Morgan fingerprint density at radius 3 is 2.69 bits per heavy atom. The summed E-state index contributed by atoms with van der Waals surface area (Å²) >= 11 is 0. The number of nitrogens with zero attached hydrogens (tertiary/aromatic N) is 3. The highest BCUT2D eigenvalue weighted by molar-refractivity contribution is 5.69. The molecule has 0 aliphatic carbocycles. The normalized spacial score (nSPS) is 10.8. The largest absolute Gasteiger partial charge is 0.473 e. The van der Waals surface area contributed by atoms with Crippen LogP contribution in [0.2, 0.25) is 0 Å². The number of aromatic nitrogens is 3. The molecule has 0 atom stereocenters. The third-order valence-electron chi connectivity index (χ3n) is 4.24. The van der Waals surface area contributed by atoms with Crippen LogP contribution in [0.3, 0.4) is 0 Å². The summed E-state index contributed by atoms with van der Waals surface area (Å²) in [4.78, 5) is 8.24. The van der Waals surface area contributed by atoms with Crippen LogP contribution in [0.15, 0.2) is 65.4 Å². The lowest BCUT2D eigenvalue weighted by Crippen LogP contribution is -2.00. The molecule has 0 spiro atoms. The SMILES string of the molecule is Nc1ncccc1-c1cc(Cc2ccc(OCc3ccc(F)cc3F)nc2)no1. The van der Waals surface area contributed by atoms with E-state index in [0.29, 0.717) is 35.1 Å². The fraction of sp³-hybridized carbons (Fsp3) is 0.0952. The van der Waals surface area contributed by atoms with Crippen molar-refractivity contribution >= 4 is 5.82 Å². The maximum atomic E-state index is 13.6. The van der Waals surface area contributed by atoms with Crippen LogP contribution in [-0.4, -0.2) is 15.1 Å². The Labute approximate surface area is 165 Å². The molecule has 4 rings (SSSR count). The van der Waals surface area contributed by atoms with Crippen molar-refractivity contribution in [2.24, 2.45) is 0 Å². The number of ether oxygens (including phenoxy) is 1. The summed E-state index contributed by atoms with van der Waals surface area (Å²) in [5, 5.41) is 4.05. The van der Waals surface area contributed by atoms with Crippen LogP contribution >= 0.6 is 0 Å². The smallest absolute Gasteiger partial charge is 0.213 e. The average Bonchev–Trinajstić information content (AvgIpc) is 3.17. The first kappa shape index (κ1) is 18.5. The molecule has 0 radical (unpaired) electrons. The zero-order chi connectivity index (χ0) is 20.2. The second kappa shape index (κ2) is 8.05. The monoisotopic (exact) mass is 394 g/mol. The van der Waals surface area contributed by atoms with Gasteiger partial charge in [-0.3, -0.25) is 0 Å². The molecule has 1 aromatic carbocycles. The molecule has 0 fully saturated rings. The number of benzene rings is 1. The summed E-state index contributed by atoms with van der Waals surface area (Å²) in [7, 11) is 0. The van der Waals surface area contributed by atoms with E-state index in [0.717, 1.165) is 11.6 Å². The van der Waals surface area contributed by atoms with Crippen LogP contribution in [0, 0.1) is 11.6 Å². The van der Waals surface area contributed by atoms with Gasteiger partial charge in [-0.15, -0.1) is 0 Å². The number of nitrogen functional groups attached to an aromatic ring is 1. The molecular formula is C21H16F2N4O2. The molecule has 2 N–H and O–H groups in total. The lowest BCUT2D eigenvalue weighted by Gasteiger charge is -2.07. The van der Waals surface area contributed by atoms with Crippen molar-refractivity contribution in [2.45, 2.75) is 13.0 Å². The number of nitrogens with two attached hydrogens (primary N) is 1. The van der Waals surface area contributed by atoms with E-state index in [2.05, 4.69) is 15.1 Å². The van der Waals surface area contributed by atoms with Gasteiger partial charge in [0.15, 0.2) is 5.76 Å². The molecule has 4 aromatic rings. The minimum Gasteiger partial charge on any atom is -0.473 e. The zero-order valence-electron chi connectivity index (χ0n) is 15.2. The van der Waals surface area contributed by atoms with Gasteiger partial charge in [-0.05, 0) is 29.8 Å². The van der Waals surface area contributed by atoms with Gasteiger partial charge >= 0.3 is 0 Å². The molecule has 0 saturated heterocycles. The maximum absolute atomic E-state index is 13.6. The van der Waals surface area contributed by atoms with Crippen molar-refractivity contribution in [1.82, 2.24) is 15.1 Å². The van der Waals surface area contributed by atoms with Crippen molar-refractivity contribution in [2.75, 3.05) is 5.73 Å². The third kappa shape index (κ3) is 4.37. The second-order valence-corrected chi connectivity index (χ2v) is 6.32. The molecule has 0 aliphatic heterocycles. The molecule has 3 aromatic heterocycles. The van der Waals surface area contributed by atoms with Crippen LogP contribution in [0.5, 0.6) is 5.88 Å². The second-order valence-electron chi connectivity index (χ2n) is 6.32. The van der Waals surface area contributed by atoms with Gasteiger partial charge < -0.3 is 15.0 Å². The summed E-state index contributed by atoms with van der Waals surface area (Å²) in [5.74, 6) is -0.0362. The Morgan fingerprint density at radius 1 is 1.03 bits per heavy atom. The standard InChI is InChI=1S/C21H16F2N4O2/c22-15-5-4-14(18(23)9-15)12-28-20-6-3-13(11-26-20)8-16-10-19(29-27-16)17-2-1-7-25-21(17)24/h1-7,9-11H,8,12H2,(H2,24,25). The van der Waals surface area contributed by atoms with E-state index in [9.17, 15) is 8.78 Å². The summed E-state index contributed by atoms with van der Waals surface area (Å²) in [5.41, 5.74) is 8.39. The molecule has 0 amide bonds. The molecule has 6 nitrogen and oxygen atoms in total. The molecule has 0 unspecified atom stereocenters. The minimum absolute atomic E-state index is 0.0440. The van der Waals surface area contributed by atoms with Crippen molar-refractivity contribution < 1.29 is 18.0 Å². The predicted octanol–water partition coefficient (Wildman–Crippen LogP) is 4.16. The fourth-order valence-corrected chi connectivity index (χ4v) is 2.75. The predicted molar refractivity (Wildman–Crippen MR) is 102 cm³/mol. The van der Waals surface area contributed by atoms with E-state index in [1.165, 1.54) is 12.1 Å².